The highest BCUT2D eigenvalue weighted by molar-refractivity contribution is 4.89. The van der Waals surface area contributed by atoms with E-state index in [0.29, 0.717) is 0 Å². The molecule has 0 heteroatoms. The van der Waals surface area contributed by atoms with E-state index in [0.717, 1.165) is 17.8 Å². The number of hydrogen-bond donors (Lipinski definition) is 0. The fraction of sp³-hybridized carbons (Fsp3) is 0.826. The third-order valence-electron chi connectivity index (χ3n) is 3.81. The minimum Gasteiger partial charge on any atom is -0.100 e. The van der Waals surface area contributed by atoms with Gasteiger partial charge in [0.05, 0.1) is 0 Å². The second-order valence-corrected chi connectivity index (χ2v) is 6.75. The summed E-state index contributed by atoms with van der Waals surface area (Å²) in [4.78, 5) is 0. The summed E-state index contributed by atoms with van der Waals surface area (Å²) in [6.45, 7) is 31.3. The molecule has 2 atom stereocenters. The van der Waals surface area contributed by atoms with Gasteiger partial charge in [-0.15, -0.1) is 13.2 Å². The van der Waals surface area contributed by atoms with Crippen LogP contribution in [0.2, 0.25) is 0 Å². The van der Waals surface area contributed by atoms with E-state index in [2.05, 4.69) is 61.6 Å². The Bertz CT molecular complexity index is 234. The van der Waals surface area contributed by atoms with Gasteiger partial charge in [-0.1, -0.05) is 86.3 Å². The lowest BCUT2D eigenvalue weighted by molar-refractivity contribution is 0.416. The Kier molecular flexibility index (Phi) is 31.4. The lowest BCUT2D eigenvalue weighted by atomic mass is 9.92. The maximum Gasteiger partial charge on any atom is -0.0297 e. The quantitative estimate of drug-likeness (QED) is 0.390. The van der Waals surface area contributed by atoms with Crippen LogP contribution < -0.4 is 0 Å². The van der Waals surface area contributed by atoms with Gasteiger partial charge in [0.2, 0.25) is 0 Å². The number of rotatable bonds is 8. The summed E-state index contributed by atoms with van der Waals surface area (Å²) in [7, 11) is 0. The van der Waals surface area contributed by atoms with E-state index in [1.807, 2.05) is 27.7 Å². The normalized spacial score (nSPS) is 11.7. The van der Waals surface area contributed by atoms with Gasteiger partial charge in [-0.3, -0.25) is 0 Å². The molecule has 0 N–H and O–H groups in total. The number of hydrogen-bond acceptors (Lipinski definition) is 0. The maximum atomic E-state index is 3.88. The van der Waals surface area contributed by atoms with Crippen molar-refractivity contribution in [3.8, 4) is 0 Å². The van der Waals surface area contributed by atoms with E-state index in [1.54, 1.807) is 0 Å². The highest BCUT2D eigenvalue weighted by atomic mass is 14.1. The van der Waals surface area contributed by atoms with Crippen LogP contribution in [0.25, 0.3) is 0 Å². The Morgan fingerprint density at radius 1 is 0.826 bits per heavy atom. The average molecular weight is 327 g/mol. The fourth-order valence-electron chi connectivity index (χ4n) is 1.74. The topological polar surface area (TPSA) is 0 Å². The SMILES string of the molecule is C=C(C)CC(C)C(C)C.C=C(C)CCCC(C)CC.CC.CC. The van der Waals surface area contributed by atoms with Crippen LogP contribution in [0.15, 0.2) is 24.3 Å². The molecule has 0 nitrogen and oxygen atoms in total. The van der Waals surface area contributed by atoms with Crippen molar-refractivity contribution in [2.45, 2.75) is 108 Å². The smallest absolute Gasteiger partial charge is 0.0297 e. The molecule has 23 heavy (non-hydrogen) atoms. The van der Waals surface area contributed by atoms with Crippen molar-refractivity contribution in [1.82, 2.24) is 0 Å². The Balaban J connectivity index is -0.000000129. The molecule has 0 heterocycles. The van der Waals surface area contributed by atoms with Crippen LogP contribution in [-0.4, -0.2) is 0 Å². The molecule has 0 aromatic rings. The first kappa shape index (κ1) is 30.4. The summed E-state index contributed by atoms with van der Waals surface area (Å²) in [6, 6.07) is 0. The zero-order chi connectivity index (χ0) is 19.4. The van der Waals surface area contributed by atoms with Crippen molar-refractivity contribution in [3.63, 3.8) is 0 Å². The van der Waals surface area contributed by atoms with E-state index < -0.39 is 0 Å². The summed E-state index contributed by atoms with van der Waals surface area (Å²) >= 11 is 0. The third kappa shape index (κ3) is 34.0. The Morgan fingerprint density at radius 2 is 1.26 bits per heavy atom. The van der Waals surface area contributed by atoms with E-state index in [4.69, 9.17) is 0 Å². The predicted molar refractivity (Wildman–Crippen MR) is 114 cm³/mol. The van der Waals surface area contributed by atoms with Crippen LogP contribution >= 0.6 is 0 Å². The van der Waals surface area contributed by atoms with Gasteiger partial charge in [-0.25, -0.2) is 0 Å². The van der Waals surface area contributed by atoms with Crippen LogP contribution in [0.3, 0.4) is 0 Å². The fourth-order valence-corrected chi connectivity index (χ4v) is 1.74. The monoisotopic (exact) mass is 326 g/mol. The molecule has 0 radical (unpaired) electrons. The van der Waals surface area contributed by atoms with Crippen LogP contribution in [0.1, 0.15) is 108 Å². The van der Waals surface area contributed by atoms with Crippen molar-refractivity contribution < 1.29 is 0 Å². The van der Waals surface area contributed by atoms with Gasteiger partial charge < -0.3 is 0 Å². The third-order valence-corrected chi connectivity index (χ3v) is 3.81. The molecule has 0 bridgehead atoms. The van der Waals surface area contributed by atoms with Crippen molar-refractivity contribution >= 4 is 0 Å². The second-order valence-electron chi connectivity index (χ2n) is 6.75. The molecule has 0 saturated heterocycles. The molecule has 0 amide bonds. The van der Waals surface area contributed by atoms with Crippen molar-refractivity contribution in [3.05, 3.63) is 24.3 Å². The molecular formula is C23H50. The van der Waals surface area contributed by atoms with Crippen molar-refractivity contribution in [2.24, 2.45) is 17.8 Å². The zero-order valence-electron chi connectivity index (χ0n) is 18.7. The van der Waals surface area contributed by atoms with Crippen molar-refractivity contribution in [2.75, 3.05) is 0 Å². The molecule has 142 valence electrons. The standard InChI is InChI=1S/C10H20.C9H18.2C2H6/c1-5-10(4)8-6-7-9(2)3;1-7(2)6-9(5)8(3)4;2*1-2/h10H,2,5-8H2,1,3-4H3;8-9H,1,6H2,2-5H3;2*1-2H3. The van der Waals surface area contributed by atoms with Gasteiger partial charge in [-0.2, -0.15) is 0 Å². The van der Waals surface area contributed by atoms with Gasteiger partial charge >= 0.3 is 0 Å². The first-order valence-electron chi connectivity index (χ1n) is 9.99. The van der Waals surface area contributed by atoms with Crippen LogP contribution in [0.5, 0.6) is 0 Å². The van der Waals surface area contributed by atoms with E-state index in [1.165, 1.54) is 43.3 Å². The zero-order valence-corrected chi connectivity index (χ0v) is 18.7. The summed E-state index contributed by atoms with van der Waals surface area (Å²) in [6.07, 6.45) is 6.39. The minimum absolute atomic E-state index is 0.793. The van der Waals surface area contributed by atoms with Gasteiger partial charge in [-0.05, 0) is 50.9 Å². The first-order valence-corrected chi connectivity index (χ1v) is 9.99. The molecule has 0 saturated carbocycles. The number of allylic oxidation sites excluding steroid dienone is 2. The molecule has 2 unspecified atom stereocenters. The Hall–Kier alpha value is -0.520. The Labute approximate surface area is 150 Å². The molecule has 0 rings (SSSR count). The average Bonchev–Trinajstić information content (AvgIpc) is 2.50. The molecule has 0 aliphatic rings. The summed E-state index contributed by atoms with van der Waals surface area (Å²) in [5, 5.41) is 0. The van der Waals surface area contributed by atoms with Gasteiger partial charge in [0.25, 0.3) is 0 Å². The molecule has 0 aromatic carbocycles. The lowest BCUT2D eigenvalue weighted by Crippen LogP contribution is -2.03. The van der Waals surface area contributed by atoms with Crippen LogP contribution in [0.4, 0.5) is 0 Å². The minimum atomic E-state index is 0.793. The molecule has 0 fully saturated rings. The maximum absolute atomic E-state index is 3.88. The first-order chi connectivity index (χ1) is 10.7. The highest BCUT2D eigenvalue weighted by Crippen LogP contribution is 2.17. The van der Waals surface area contributed by atoms with E-state index in [9.17, 15) is 0 Å². The molecule has 0 aliphatic carbocycles. The largest absolute Gasteiger partial charge is 0.100 e. The molecular weight excluding hydrogens is 276 g/mol. The van der Waals surface area contributed by atoms with Crippen LogP contribution in [-0.2, 0) is 0 Å². The van der Waals surface area contributed by atoms with Gasteiger partial charge in [0.1, 0.15) is 0 Å². The van der Waals surface area contributed by atoms with E-state index >= 15 is 0 Å². The summed E-state index contributed by atoms with van der Waals surface area (Å²) in [5.41, 5.74) is 2.62. The summed E-state index contributed by atoms with van der Waals surface area (Å²) in [5.74, 6) is 2.49. The van der Waals surface area contributed by atoms with Gasteiger partial charge in [0.15, 0.2) is 0 Å². The molecule has 0 aliphatic heterocycles. The predicted octanol–water partition coefficient (Wildman–Crippen LogP) is 9.08. The summed E-state index contributed by atoms with van der Waals surface area (Å²) < 4.78 is 0. The van der Waals surface area contributed by atoms with Crippen LogP contribution in [0, 0.1) is 17.8 Å². The Morgan fingerprint density at radius 3 is 1.48 bits per heavy atom. The lowest BCUT2D eigenvalue weighted by Gasteiger charge is -2.14. The van der Waals surface area contributed by atoms with Gasteiger partial charge in [0, 0.05) is 0 Å². The molecule has 0 aromatic heterocycles. The van der Waals surface area contributed by atoms with Crippen molar-refractivity contribution in [1.29, 1.82) is 0 Å². The highest BCUT2D eigenvalue weighted by Gasteiger charge is 2.05. The molecule has 0 spiro atoms. The second kappa shape index (κ2) is 23.7. The van der Waals surface area contributed by atoms with E-state index in [-0.39, 0.29) is 0 Å².